The van der Waals surface area contributed by atoms with Crippen LogP contribution in [-0.2, 0) is 32.8 Å². The van der Waals surface area contributed by atoms with Crippen LogP contribution in [0.1, 0.15) is 11.1 Å². The van der Waals surface area contributed by atoms with Crippen LogP contribution in [0.25, 0.3) is 0 Å². The van der Waals surface area contributed by atoms with Gasteiger partial charge in [-0.3, -0.25) is 0 Å². The van der Waals surface area contributed by atoms with Crippen molar-refractivity contribution in [3.63, 3.8) is 0 Å². The molecule has 1 saturated heterocycles. The predicted molar refractivity (Wildman–Crippen MR) is 167 cm³/mol. The van der Waals surface area contributed by atoms with Crippen molar-refractivity contribution in [2.45, 2.75) is 47.2 Å². The second-order valence-electron chi connectivity index (χ2n) is 11.1. The van der Waals surface area contributed by atoms with E-state index in [-0.39, 0.29) is 22.9 Å². The molecule has 4 unspecified atom stereocenters. The van der Waals surface area contributed by atoms with Gasteiger partial charge in [0.15, 0.2) is 0 Å². The molecule has 0 amide bonds. The van der Waals surface area contributed by atoms with Gasteiger partial charge in [0.05, 0.1) is 28.0 Å². The van der Waals surface area contributed by atoms with Gasteiger partial charge in [0.2, 0.25) is 10.0 Å². The van der Waals surface area contributed by atoms with Crippen LogP contribution in [0, 0.1) is 4.78 Å². The number of aliphatic hydroxyl groups excluding tert-OH is 1. The standard InChI is InChI=1S/C32H31F3N4O5S2/c33-32(34,35)44-24-16-18-25(19-17-24)45(36,41)37-27-20-38(46(42,43)26-10-2-1-3-11-26)21-30(31(27)40)39-28-12-6-4-8-22(28)14-15-23-9-5-7-13-29(23)39/h1-13,16-19,27,30-31,40H,14-15,20-21H2,(H2,36,37,41). The smallest absolute Gasteiger partial charge is 0.406 e. The Morgan fingerprint density at radius 3 is 1.87 bits per heavy atom. The molecule has 6 rings (SSSR count). The molecule has 0 spiro atoms. The molecule has 4 aromatic carbocycles. The molecule has 14 heteroatoms. The Hall–Kier alpha value is -3.95. The minimum absolute atomic E-state index is 0.0346. The molecule has 0 radical (unpaired) electrons. The first-order chi connectivity index (χ1) is 21.8. The van der Waals surface area contributed by atoms with Gasteiger partial charge in [0.1, 0.15) is 15.7 Å². The van der Waals surface area contributed by atoms with E-state index in [1.54, 1.807) is 18.2 Å². The lowest BCUT2D eigenvalue weighted by Crippen LogP contribution is -2.65. The number of nitrogens with one attached hydrogen (secondary N) is 2. The zero-order chi connectivity index (χ0) is 32.7. The third-order valence-corrected chi connectivity index (χ3v) is 11.6. The minimum Gasteiger partial charge on any atom is -0.406 e. The van der Waals surface area contributed by atoms with Crippen LogP contribution in [0.4, 0.5) is 24.5 Å². The van der Waals surface area contributed by atoms with Gasteiger partial charge >= 0.3 is 6.36 Å². The molecule has 0 bridgehead atoms. The van der Waals surface area contributed by atoms with Crippen LogP contribution in [0.15, 0.2) is 113 Å². The first-order valence-electron chi connectivity index (χ1n) is 14.4. The molecule has 242 valence electrons. The number of ether oxygens (including phenoxy) is 1. The fourth-order valence-electron chi connectivity index (χ4n) is 6.05. The van der Waals surface area contributed by atoms with Crippen LogP contribution in [-0.4, -0.2) is 59.7 Å². The predicted octanol–water partition coefficient (Wildman–Crippen LogP) is 5.23. The maximum Gasteiger partial charge on any atom is 0.573 e. The summed E-state index contributed by atoms with van der Waals surface area (Å²) in [5.41, 5.74) is 3.59. The van der Waals surface area contributed by atoms with Gasteiger partial charge in [-0.2, -0.15) is 4.31 Å². The Labute approximate surface area is 265 Å². The van der Waals surface area contributed by atoms with Gasteiger partial charge in [-0.15, -0.1) is 13.2 Å². The van der Waals surface area contributed by atoms with Crippen molar-refractivity contribution in [1.29, 1.82) is 4.78 Å². The molecular formula is C32H31F3N4O5S2. The van der Waals surface area contributed by atoms with Crippen molar-refractivity contribution in [3.8, 4) is 5.75 Å². The second-order valence-corrected chi connectivity index (χ2v) is 14.9. The number of hydrogen-bond donors (Lipinski definition) is 3. The van der Waals surface area contributed by atoms with Crippen molar-refractivity contribution in [2.24, 2.45) is 0 Å². The summed E-state index contributed by atoms with van der Waals surface area (Å²) in [6.07, 6.45) is -4.83. The summed E-state index contributed by atoms with van der Waals surface area (Å²) in [6, 6.07) is 25.1. The summed E-state index contributed by atoms with van der Waals surface area (Å²) in [4.78, 5) is 1.80. The molecular weight excluding hydrogens is 642 g/mol. The highest BCUT2D eigenvalue weighted by molar-refractivity contribution is 7.90. The molecule has 0 aromatic heterocycles. The molecule has 0 saturated carbocycles. The molecule has 9 nitrogen and oxygen atoms in total. The molecule has 46 heavy (non-hydrogen) atoms. The van der Waals surface area contributed by atoms with Gasteiger partial charge in [0.25, 0.3) is 0 Å². The highest BCUT2D eigenvalue weighted by Crippen LogP contribution is 2.40. The molecule has 1 fully saturated rings. The number of halogens is 3. The number of benzene rings is 4. The van der Waals surface area contributed by atoms with Crippen LogP contribution < -0.4 is 14.4 Å². The van der Waals surface area contributed by atoms with E-state index >= 15 is 0 Å². The summed E-state index contributed by atoms with van der Waals surface area (Å²) < 4.78 is 96.2. The number of hydrogen-bond acceptors (Lipinski definition) is 7. The molecule has 4 aromatic rings. The number of nitrogens with zero attached hydrogens (tertiary/aromatic N) is 2. The largest absolute Gasteiger partial charge is 0.573 e. The summed E-state index contributed by atoms with van der Waals surface area (Å²) in [6.45, 7) is -0.445. The molecule has 3 N–H and O–H groups in total. The van der Waals surface area contributed by atoms with Crippen LogP contribution >= 0.6 is 0 Å². The van der Waals surface area contributed by atoms with Crippen molar-refractivity contribution in [1.82, 2.24) is 9.03 Å². The highest BCUT2D eigenvalue weighted by Gasteiger charge is 2.45. The Balaban J connectivity index is 1.41. The molecule has 0 aliphatic carbocycles. The first kappa shape index (κ1) is 32.0. The van der Waals surface area contributed by atoms with Gasteiger partial charge in [-0.1, -0.05) is 54.6 Å². The van der Waals surface area contributed by atoms with Crippen LogP contribution in [0.2, 0.25) is 0 Å². The molecule has 2 heterocycles. The normalized spacial score (nSPS) is 21.8. The van der Waals surface area contributed by atoms with E-state index in [4.69, 9.17) is 4.78 Å². The number of anilines is 2. The Morgan fingerprint density at radius 1 is 0.761 bits per heavy atom. The Kier molecular flexibility index (Phi) is 8.59. The average Bonchev–Trinajstić information content (AvgIpc) is 3.19. The number of rotatable bonds is 7. The number of alkyl halides is 3. The zero-order valence-electron chi connectivity index (χ0n) is 24.3. The van der Waals surface area contributed by atoms with E-state index in [9.17, 15) is 30.9 Å². The maximum absolute atomic E-state index is 14.0. The topological polar surface area (TPSA) is 123 Å². The summed E-state index contributed by atoms with van der Waals surface area (Å²) in [5.74, 6) is -0.553. The van der Waals surface area contributed by atoms with Crippen molar-refractivity contribution in [3.05, 3.63) is 114 Å². The number of fused-ring (bicyclic) bond motifs is 2. The Morgan fingerprint density at radius 2 is 1.30 bits per heavy atom. The van der Waals surface area contributed by atoms with E-state index in [1.807, 2.05) is 53.4 Å². The summed E-state index contributed by atoms with van der Waals surface area (Å²) in [5, 5.41) is 12.0. The van der Waals surface area contributed by atoms with E-state index in [0.29, 0.717) is 0 Å². The van der Waals surface area contributed by atoms with Gasteiger partial charge in [-0.05, 0) is 72.5 Å². The van der Waals surface area contributed by atoms with E-state index < -0.39 is 50.2 Å². The van der Waals surface area contributed by atoms with Gasteiger partial charge in [0, 0.05) is 24.5 Å². The van der Waals surface area contributed by atoms with Crippen LogP contribution in [0.3, 0.4) is 0 Å². The monoisotopic (exact) mass is 672 g/mol. The summed E-state index contributed by atoms with van der Waals surface area (Å²) >= 11 is 0. The van der Waals surface area contributed by atoms with Gasteiger partial charge < -0.3 is 14.7 Å². The minimum atomic E-state index is -4.93. The lowest BCUT2D eigenvalue weighted by atomic mass is 9.96. The SMILES string of the molecule is N=S(=O)(NC1CN(S(=O)(=O)c2ccccc2)CC(N2c3ccccc3CCc3ccccc32)C1O)c1ccc(OC(F)(F)F)cc1. The molecule has 2 aliphatic heterocycles. The lowest BCUT2D eigenvalue weighted by Gasteiger charge is -2.46. The quantitative estimate of drug-likeness (QED) is 0.247. The first-order valence-corrected chi connectivity index (χ1v) is 17.4. The number of para-hydroxylation sites is 2. The molecule has 4 atom stereocenters. The Bertz CT molecular complexity index is 1880. The number of aliphatic hydroxyl groups is 1. The van der Waals surface area contributed by atoms with E-state index in [1.165, 1.54) is 16.4 Å². The second kappa shape index (κ2) is 12.3. The average molecular weight is 673 g/mol. The summed E-state index contributed by atoms with van der Waals surface area (Å²) in [7, 11) is -8.07. The van der Waals surface area contributed by atoms with E-state index in [2.05, 4.69) is 9.46 Å². The van der Waals surface area contributed by atoms with Gasteiger partial charge in [-0.25, -0.2) is 22.1 Å². The van der Waals surface area contributed by atoms with Crippen molar-refractivity contribution >= 4 is 31.3 Å². The lowest BCUT2D eigenvalue weighted by molar-refractivity contribution is -0.274. The van der Waals surface area contributed by atoms with E-state index in [0.717, 1.165) is 59.6 Å². The number of aryl methyl sites for hydroxylation is 2. The highest BCUT2D eigenvalue weighted by atomic mass is 32.2. The fraction of sp³-hybridized carbons (Fsp3) is 0.250. The zero-order valence-corrected chi connectivity index (χ0v) is 25.9. The fourth-order valence-corrected chi connectivity index (χ4v) is 8.85. The van der Waals surface area contributed by atoms with Crippen LogP contribution in [0.5, 0.6) is 5.75 Å². The molecule has 2 aliphatic rings. The third kappa shape index (κ3) is 6.48. The van der Waals surface area contributed by atoms with Crippen molar-refractivity contribution < 1.29 is 35.6 Å². The number of piperidine rings is 1. The van der Waals surface area contributed by atoms with Crippen molar-refractivity contribution in [2.75, 3.05) is 18.0 Å². The maximum atomic E-state index is 14.0. The number of sulfonamides is 1. The third-order valence-electron chi connectivity index (χ3n) is 8.18.